The molecule has 0 saturated heterocycles. The maximum absolute atomic E-state index is 12.0. The van der Waals surface area contributed by atoms with Crippen molar-refractivity contribution in [2.75, 3.05) is 13.6 Å². The van der Waals surface area contributed by atoms with Crippen molar-refractivity contribution in [1.29, 1.82) is 0 Å². The van der Waals surface area contributed by atoms with Gasteiger partial charge < -0.3 is 10.2 Å². The van der Waals surface area contributed by atoms with Crippen LogP contribution in [0, 0.1) is 0 Å². The van der Waals surface area contributed by atoms with Crippen LogP contribution in [0.3, 0.4) is 0 Å². The third kappa shape index (κ3) is 3.56. The van der Waals surface area contributed by atoms with E-state index in [1.54, 1.807) is 11.3 Å². The molecule has 0 aliphatic carbocycles. The third-order valence-electron chi connectivity index (χ3n) is 2.72. The number of nitrogens with zero attached hydrogens (tertiary/aromatic N) is 1. The summed E-state index contributed by atoms with van der Waals surface area (Å²) < 4.78 is 0. The quantitative estimate of drug-likeness (QED) is 0.651. The van der Waals surface area contributed by atoms with Crippen LogP contribution < -0.4 is 0 Å². The van der Waals surface area contributed by atoms with Crippen LogP contribution in [0.25, 0.3) is 0 Å². The molecule has 0 radical (unpaired) electrons. The number of likely N-dealkylation sites (N-methyl/N-ethyl adjacent to an activating group) is 1. The first-order valence-electron chi connectivity index (χ1n) is 5.82. The Labute approximate surface area is 115 Å². The Kier molecular flexibility index (Phi) is 4.19. The van der Waals surface area contributed by atoms with Gasteiger partial charge >= 0.3 is 0 Å². The molecule has 2 N–H and O–H groups in total. The summed E-state index contributed by atoms with van der Waals surface area (Å²) in [5.41, 5.74) is 0.397. The van der Waals surface area contributed by atoms with E-state index in [1.807, 2.05) is 29.5 Å². The van der Waals surface area contributed by atoms with Crippen molar-refractivity contribution in [3.05, 3.63) is 46.2 Å². The summed E-state index contributed by atoms with van der Waals surface area (Å²) in [5.74, 6) is -0.579. The molecule has 1 aromatic carbocycles. The molecule has 0 spiro atoms. The summed E-state index contributed by atoms with van der Waals surface area (Å²) in [4.78, 5) is 15.1. The van der Waals surface area contributed by atoms with Gasteiger partial charge in [-0.05, 0) is 36.7 Å². The van der Waals surface area contributed by atoms with E-state index in [4.69, 9.17) is 0 Å². The first-order valence-corrected chi connectivity index (χ1v) is 6.70. The lowest BCUT2D eigenvalue weighted by molar-refractivity contribution is 0.0943. The van der Waals surface area contributed by atoms with Crippen LogP contribution in [0.1, 0.15) is 15.2 Å². The van der Waals surface area contributed by atoms with Gasteiger partial charge in [0, 0.05) is 17.0 Å². The molecule has 1 heterocycles. The average molecular weight is 277 g/mol. The summed E-state index contributed by atoms with van der Waals surface area (Å²) in [5, 5.41) is 20.6. The standard InChI is InChI=1S/C14H15NO3S/c1-15(8-11-3-2-6-19-11)9-14(18)10-4-5-12(16)13(17)7-10/h2-7,16-17H,8-9H2,1H3. The molecule has 1 aromatic heterocycles. The minimum atomic E-state index is -0.272. The van der Waals surface area contributed by atoms with E-state index in [-0.39, 0.29) is 23.8 Å². The lowest BCUT2D eigenvalue weighted by Crippen LogP contribution is -2.25. The van der Waals surface area contributed by atoms with Gasteiger partial charge in [-0.15, -0.1) is 11.3 Å². The Morgan fingerprint density at radius 1 is 1.26 bits per heavy atom. The number of rotatable bonds is 5. The smallest absolute Gasteiger partial charge is 0.176 e. The molecule has 2 aromatic rings. The number of benzene rings is 1. The van der Waals surface area contributed by atoms with E-state index in [2.05, 4.69) is 0 Å². The third-order valence-corrected chi connectivity index (χ3v) is 3.58. The van der Waals surface area contributed by atoms with Crippen LogP contribution in [0.2, 0.25) is 0 Å². The predicted molar refractivity (Wildman–Crippen MR) is 74.8 cm³/mol. The highest BCUT2D eigenvalue weighted by Crippen LogP contribution is 2.25. The van der Waals surface area contributed by atoms with Crippen molar-refractivity contribution in [2.45, 2.75) is 6.54 Å². The number of phenolic OH excluding ortho intramolecular Hbond substituents is 2. The number of carbonyl (C=O) groups excluding carboxylic acids is 1. The Bertz CT molecular complexity index is 566. The monoisotopic (exact) mass is 277 g/mol. The summed E-state index contributed by atoms with van der Waals surface area (Å²) in [6.45, 7) is 0.982. The van der Waals surface area contributed by atoms with Crippen LogP contribution in [0.5, 0.6) is 11.5 Å². The van der Waals surface area contributed by atoms with Crippen molar-refractivity contribution in [2.24, 2.45) is 0 Å². The zero-order chi connectivity index (χ0) is 13.8. The van der Waals surface area contributed by atoms with E-state index in [0.29, 0.717) is 12.1 Å². The molecule has 0 amide bonds. The Morgan fingerprint density at radius 3 is 2.68 bits per heavy atom. The minimum absolute atomic E-state index is 0.0886. The van der Waals surface area contributed by atoms with Crippen LogP contribution in [0.4, 0.5) is 0 Å². The van der Waals surface area contributed by atoms with Gasteiger partial charge in [-0.25, -0.2) is 0 Å². The fourth-order valence-corrected chi connectivity index (χ4v) is 2.54. The lowest BCUT2D eigenvalue weighted by Gasteiger charge is -2.14. The van der Waals surface area contributed by atoms with Gasteiger partial charge in [0.05, 0.1) is 6.54 Å². The maximum Gasteiger partial charge on any atom is 0.176 e. The maximum atomic E-state index is 12.0. The van der Waals surface area contributed by atoms with Crippen LogP contribution >= 0.6 is 11.3 Å². The SMILES string of the molecule is CN(CC(=O)c1ccc(O)c(O)c1)Cc1cccs1. The summed E-state index contributed by atoms with van der Waals surface area (Å²) in [6, 6.07) is 8.13. The lowest BCUT2D eigenvalue weighted by atomic mass is 10.1. The number of Topliss-reactive ketones (excluding diaryl/α,β-unsaturated/α-hetero) is 1. The van der Waals surface area contributed by atoms with Crippen molar-refractivity contribution in [1.82, 2.24) is 4.90 Å². The van der Waals surface area contributed by atoms with Crippen molar-refractivity contribution in [3.63, 3.8) is 0 Å². The Morgan fingerprint density at radius 2 is 2.05 bits per heavy atom. The molecule has 0 unspecified atom stereocenters. The van der Waals surface area contributed by atoms with Gasteiger partial charge in [-0.2, -0.15) is 0 Å². The highest BCUT2D eigenvalue weighted by atomic mass is 32.1. The van der Waals surface area contributed by atoms with E-state index >= 15 is 0 Å². The molecule has 0 atom stereocenters. The van der Waals surface area contributed by atoms with E-state index in [9.17, 15) is 15.0 Å². The average Bonchev–Trinajstić information content (AvgIpc) is 2.85. The molecule has 0 saturated carbocycles. The first-order chi connectivity index (χ1) is 9.06. The number of hydrogen-bond donors (Lipinski definition) is 2. The summed E-state index contributed by atoms with van der Waals surface area (Å²) >= 11 is 1.65. The van der Waals surface area contributed by atoms with Gasteiger partial charge in [0.2, 0.25) is 0 Å². The molecular weight excluding hydrogens is 262 g/mol. The number of ketones is 1. The molecular formula is C14H15NO3S. The van der Waals surface area contributed by atoms with Crippen LogP contribution in [-0.2, 0) is 6.54 Å². The Hall–Kier alpha value is -1.85. The number of hydrogen-bond acceptors (Lipinski definition) is 5. The molecule has 19 heavy (non-hydrogen) atoms. The summed E-state index contributed by atoms with van der Waals surface area (Å²) in [6.07, 6.45) is 0. The number of aromatic hydroxyl groups is 2. The largest absolute Gasteiger partial charge is 0.504 e. The van der Waals surface area contributed by atoms with Crippen molar-refractivity contribution < 1.29 is 15.0 Å². The van der Waals surface area contributed by atoms with E-state index < -0.39 is 0 Å². The molecule has 5 heteroatoms. The molecule has 4 nitrogen and oxygen atoms in total. The first kappa shape index (κ1) is 13.6. The van der Waals surface area contributed by atoms with Gasteiger partial charge in [0.25, 0.3) is 0 Å². The van der Waals surface area contributed by atoms with Crippen molar-refractivity contribution >= 4 is 17.1 Å². The number of carbonyl (C=O) groups is 1. The number of phenols is 2. The zero-order valence-corrected chi connectivity index (χ0v) is 11.4. The van der Waals surface area contributed by atoms with Gasteiger partial charge in [-0.3, -0.25) is 9.69 Å². The molecule has 100 valence electrons. The van der Waals surface area contributed by atoms with Gasteiger partial charge in [0.1, 0.15) is 0 Å². The second-order valence-corrected chi connectivity index (χ2v) is 5.41. The van der Waals surface area contributed by atoms with Gasteiger partial charge in [0.15, 0.2) is 17.3 Å². The van der Waals surface area contributed by atoms with Crippen LogP contribution in [-0.4, -0.2) is 34.5 Å². The molecule has 0 fully saturated rings. The van der Waals surface area contributed by atoms with Crippen LogP contribution in [0.15, 0.2) is 35.7 Å². The second-order valence-electron chi connectivity index (χ2n) is 4.38. The van der Waals surface area contributed by atoms with E-state index in [0.717, 1.165) is 0 Å². The normalized spacial score (nSPS) is 10.8. The van der Waals surface area contributed by atoms with E-state index in [1.165, 1.54) is 23.1 Å². The Balaban J connectivity index is 1.98. The fraction of sp³-hybridized carbons (Fsp3) is 0.214. The fourth-order valence-electron chi connectivity index (χ4n) is 1.76. The van der Waals surface area contributed by atoms with Gasteiger partial charge in [-0.1, -0.05) is 6.07 Å². The predicted octanol–water partition coefficient (Wildman–Crippen LogP) is 2.47. The van der Waals surface area contributed by atoms with Crippen molar-refractivity contribution in [3.8, 4) is 11.5 Å². The molecule has 0 aliphatic rings. The minimum Gasteiger partial charge on any atom is -0.504 e. The summed E-state index contributed by atoms with van der Waals surface area (Å²) in [7, 11) is 1.87. The number of thiophene rings is 1. The topological polar surface area (TPSA) is 60.8 Å². The molecule has 2 rings (SSSR count). The second kappa shape index (κ2) is 5.86. The highest BCUT2D eigenvalue weighted by molar-refractivity contribution is 7.09. The zero-order valence-electron chi connectivity index (χ0n) is 10.5. The molecule has 0 bridgehead atoms. The highest BCUT2D eigenvalue weighted by Gasteiger charge is 2.12. The molecule has 0 aliphatic heterocycles.